The fourth-order valence-corrected chi connectivity index (χ4v) is 1.35. The summed E-state index contributed by atoms with van der Waals surface area (Å²) < 4.78 is 9.68. The Morgan fingerprint density at radius 1 is 0.792 bits per heavy atom. The van der Waals surface area contributed by atoms with Gasteiger partial charge in [0.05, 0.1) is 25.3 Å². The molecule has 0 bridgehead atoms. The van der Waals surface area contributed by atoms with Crippen molar-refractivity contribution >= 4 is 24.4 Å². The van der Waals surface area contributed by atoms with Gasteiger partial charge in [0.1, 0.15) is 0 Å². The van der Waals surface area contributed by atoms with Gasteiger partial charge < -0.3 is 19.7 Å². The molecule has 0 aromatic heterocycles. The van der Waals surface area contributed by atoms with E-state index < -0.39 is 36.6 Å². The van der Waals surface area contributed by atoms with E-state index in [1.54, 1.807) is 38.5 Å². The number of carbonyl (C=O) groups excluding carboxylic acids is 2. The zero-order valence-corrected chi connectivity index (χ0v) is 13.8. The van der Waals surface area contributed by atoms with Crippen molar-refractivity contribution in [3.05, 3.63) is 0 Å². The maximum Gasteiger partial charge on any atom is 0.429 e. The smallest absolute Gasteiger partial charge is 0.429 e. The molecule has 0 saturated heterocycles. The van der Waals surface area contributed by atoms with Crippen molar-refractivity contribution in [3.8, 4) is 0 Å². The molecule has 0 aliphatic carbocycles. The minimum absolute atomic E-state index is 0.384. The molecule has 12 nitrogen and oxygen atoms in total. The van der Waals surface area contributed by atoms with Crippen LogP contribution in [0.2, 0.25) is 0 Å². The van der Waals surface area contributed by atoms with Gasteiger partial charge in [0.2, 0.25) is 0 Å². The average Bonchev–Trinajstić information content (AvgIpc) is 2.39. The molecule has 24 heavy (non-hydrogen) atoms. The normalized spacial score (nSPS) is 10.1. The molecular weight excluding hydrogens is 328 g/mol. The monoisotopic (exact) mass is 350 g/mol. The van der Waals surface area contributed by atoms with E-state index in [0.29, 0.717) is 10.0 Å². The molecule has 0 aliphatic heterocycles. The third kappa shape index (κ3) is 9.17. The summed E-state index contributed by atoms with van der Waals surface area (Å²) in [5.41, 5.74) is 3.59. The Kier molecular flexibility index (Phi) is 8.76. The lowest BCUT2D eigenvalue weighted by molar-refractivity contribution is 0.0394. The second kappa shape index (κ2) is 9.97. The average molecular weight is 350 g/mol. The number of hydrogen-bond donors (Lipinski definition) is 4. The van der Waals surface area contributed by atoms with Crippen LogP contribution < -0.4 is 10.9 Å². The number of hydrazine groups is 2. The van der Waals surface area contributed by atoms with Crippen molar-refractivity contribution in [2.24, 2.45) is 0 Å². The predicted octanol–water partition coefficient (Wildman–Crippen LogP) is 1.05. The van der Waals surface area contributed by atoms with Crippen LogP contribution in [0.25, 0.3) is 0 Å². The number of amides is 4. The molecule has 0 radical (unpaired) electrons. The van der Waals surface area contributed by atoms with Gasteiger partial charge >= 0.3 is 24.4 Å². The van der Waals surface area contributed by atoms with Gasteiger partial charge in [-0.1, -0.05) is 0 Å². The van der Waals surface area contributed by atoms with Gasteiger partial charge in [-0.2, -0.15) is 0 Å². The molecule has 12 heteroatoms. The lowest BCUT2D eigenvalue weighted by Gasteiger charge is -2.26. The lowest BCUT2D eigenvalue weighted by atomic mass is 10.5. The fraction of sp³-hybridized carbons (Fsp3) is 0.667. The van der Waals surface area contributed by atoms with E-state index in [2.05, 4.69) is 0 Å². The van der Waals surface area contributed by atoms with E-state index >= 15 is 0 Å². The topological polar surface area (TPSA) is 158 Å². The summed E-state index contributed by atoms with van der Waals surface area (Å²) in [5.74, 6) is 0. The first-order chi connectivity index (χ1) is 11.0. The molecule has 0 aromatic rings. The van der Waals surface area contributed by atoms with Gasteiger partial charge in [-0.15, -0.1) is 0 Å². The van der Waals surface area contributed by atoms with Crippen LogP contribution in [0.5, 0.6) is 0 Å². The molecule has 0 atom stereocenters. The van der Waals surface area contributed by atoms with Crippen molar-refractivity contribution in [2.75, 3.05) is 13.1 Å². The summed E-state index contributed by atoms with van der Waals surface area (Å²) in [6, 6.07) is 0. The van der Waals surface area contributed by atoms with Gasteiger partial charge in [0.25, 0.3) is 0 Å². The molecule has 0 unspecified atom stereocenters. The van der Waals surface area contributed by atoms with Gasteiger partial charge in [-0.3, -0.25) is 0 Å². The van der Waals surface area contributed by atoms with Crippen molar-refractivity contribution < 1.29 is 38.9 Å². The molecule has 0 rings (SSSR count). The fourth-order valence-electron chi connectivity index (χ4n) is 1.35. The first-order valence-electron chi connectivity index (χ1n) is 6.98. The molecule has 0 aromatic carbocycles. The SMILES string of the molecule is CC(C)OC(=O)N(CCN(NC(=O)O)C(=O)OC(C)C)NC(=O)O. The van der Waals surface area contributed by atoms with Crippen LogP contribution in [0.1, 0.15) is 27.7 Å². The number of nitrogens with one attached hydrogen (secondary N) is 2. The quantitative estimate of drug-likeness (QED) is 0.535. The summed E-state index contributed by atoms with van der Waals surface area (Å²) in [5, 5.41) is 18.6. The highest BCUT2D eigenvalue weighted by atomic mass is 16.6. The van der Waals surface area contributed by atoms with Crippen LogP contribution in [-0.2, 0) is 9.47 Å². The van der Waals surface area contributed by atoms with E-state index in [0.717, 1.165) is 0 Å². The highest BCUT2D eigenvalue weighted by Gasteiger charge is 2.23. The maximum absolute atomic E-state index is 11.8. The minimum Gasteiger partial charge on any atom is -0.464 e. The van der Waals surface area contributed by atoms with Crippen LogP contribution in [-0.4, -0.2) is 69.9 Å². The zero-order chi connectivity index (χ0) is 18.9. The van der Waals surface area contributed by atoms with Gasteiger partial charge in [-0.25, -0.2) is 40.0 Å². The van der Waals surface area contributed by atoms with Crippen molar-refractivity contribution in [1.29, 1.82) is 0 Å². The Balaban J connectivity index is 4.94. The molecule has 4 N–H and O–H groups in total. The molecule has 0 saturated carbocycles. The highest BCUT2D eigenvalue weighted by Crippen LogP contribution is 2.00. The third-order valence-corrected chi connectivity index (χ3v) is 2.12. The molecule has 138 valence electrons. The Morgan fingerprint density at radius 2 is 1.08 bits per heavy atom. The predicted molar refractivity (Wildman–Crippen MR) is 79.0 cm³/mol. The number of carbonyl (C=O) groups is 4. The molecule has 0 heterocycles. The minimum atomic E-state index is -1.53. The molecular formula is C12H22N4O8. The van der Waals surface area contributed by atoms with Gasteiger partial charge in [-0.05, 0) is 27.7 Å². The Bertz CT molecular complexity index is 426. The third-order valence-electron chi connectivity index (χ3n) is 2.12. The number of nitrogens with zero attached hydrogens (tertiary/aromatic N) is 2. The van der Waals surface area contributed by atoms with E-state index in [4.69, 9.17) is 19.7 Å². The van der Waals surface area contributed by atoms with E-state index in [1.165, 1.54) is 0 Å². The van der Waals surface area contributed by atoms with Crippen molar-refractivity contribution in [1.82, 2.24) is 20.9 Å². The molecule has 0 aliphatic rings. The summed E-state index contributed by atoms with van der Waals surface area (Å²) in [6.07, 6.45) is -6.07. The molecule has 0 spiro atoms. The number of ether oxygens (including phenoxy) is 2. The largest absolute Gasteiger partial charge is 0.464 e. The van der Waals surface area contributed by atoms with E-state index in [1.807, 2.05) is 0 Å². The van der Waals surface area contributed by atoms with Crippen molar-refractivity contribution in [3.63, 3.8) is 0 Å². The Labute approximate surface area is 138 Å². The van der Waals surface area contributed by atoms with Crippen LogP contribution in [0, 0.1) is 0 Å². The maximum atomic E-state index is 11.8. The first-order valence-corrected chi connectivity index (χ1v) is 6.98. The van der Waals surface area contributed by atoms with Gasteiger partial charge in [0, 0.05) is 0 Å². The first kappa shape index (κ1) is 21.1. The number of rotatable bonds is 5. The number of hydrogen-bond acceptors (Lipinski definition) is 6. The van der Waals surface area contributed by atoms with Crippen LogP contribution in [0.4, 0.5) is 19.2 Å². The zero-order valence-electron chi connectivity index (χ0n) is 13.8. The standard InChI is InChI=1S/C12H22N4O8/c1-7(2)23-11(21)15(13-9(17)18)5-6-16(14-10(19)20)12(22)24-8(3)4/h7-8,13-14H,5-6H2,1-4H3,(H,17,18)(H,19,20). The molecule has 0 fully saturated rings. The lowest BCUT2D eigenvalue weighted by Crippen LogP contribution is -2.53. The summed E-state index contributed by atoms with van der Waals surface area (Å²) in [4.78, 5) is 45.0. The Morgan fingerprint density at radius 3 is 1.29 bits per heavy atom. The molecule has 4 amide bonds. The van der Waals surface area contributed by atoms with Crippen LogP contribution >= 0.6 is 0 Å². The summed E-state index contributed by atoms with van der Waals surface area (Å²) in [6.45, 7) is 5.49. The van der Waals surface area contributed by atoms with Crippen LogP contribution in [0.15, 0.2) is 0 Å². The number of carboxylic acid groups (broad SMARTS) is 2. The van der Waals surface area contributed by atoms with Crippen molar-refractivity contribution in [2.45, 2.75) is 39.9 Å². The highest BCUT2D eigenvalue weighted by molar-refractivity contribution is 5.74. The van der Waals surface area contributed by atoms with E-state index in [-0.39, 0.29) is 13.1 Å². The Hall–Kier alpha value is -2.92. The van der Waals surface area contributed by atoms with Crippen LogP contribution in [0.3, 0.4) is 0 Å². The van der Waals surface area contributed by atoms with E-state index in [9.17, 15) is 19.2 Å². The second-order valence-electron chi connectivity index (χ2n) is 5.00. The van der Waals surface area contributed by atoms with Gasteiger partial charge in [0.15, 0.2) is 0 Å². The summed E-state index contributed by atoms with van der Waals surface area (Å²) >= 11 is 0. The second-order valence-corrected chi connectivity index (χ2v) is 5.00. The summed E-state index contributed by atoms with van der Waals surface area (Å²) in [7, 11) is 0.